The Labute approximate surface area is 192 Å². The molecule has 1 rings (SSSR count). The molecule has 0 bridgehead atoms. The quantitative estimate of drug-likeness (QED) is 0.148. The molecule has 0 saturated heterocycles. The lowest BCUT2D eigenvalue weighted by Gasteiger charge is -2.11. The molecule has 0 aliphatic heterocycles. The SMILES string of the molecule is CCOC(=O)C(=CNc1cccc(N/C=C/C(C(=O)OCC)C(=O)OCC)c1)C(=O)OCC. The van der Waals surface area contributed by atoms with E-state index in [9.17, 15) is 19.2 Å². The van der Waals surface area contributed by atoms with Crippen molar-refractivity contribution in [2.45, 2.75) is 27.7 Å². The third-order valence-electron chi connectivity index (χ3n) is 3.86. The number of esters is 4. The normalized spacial score (nSPS) is 10.3. The van der Waals surface area contributed by atoms with Gasteiger partial charge in [0.1, 0.15) is 0 Å². The highest BCUT2D eigenvalue weighted by Gasteiger charge is 2.26. The van der Waals surface area contributed by atoms with E-state index in [4.69, 9.17) is 18.9 Å². The lowest BCUT2D eigenvalue weighted by atomic mass is 10.1. The minimum absolute atomic E-state index is 0.111. The van der Waals surface area contributed by atoms with Crippen molar-refractivity contribution in [3.05, 3.63) is 48.3 Å². The number of hydrogen-bond donors (Lipinski definition) is 2. The van der Waals surface area contributed by atoms with Gasteiger partial charge in [0.15, 0.2) is 11.5 Å². The minimum Gasteiger partial charge on any atom is -0.465 e. The Kier molecular flexibility index (Phi) is 12.4. The van der Waals surface area contributed by atoms with E-state index in [0.29, 0.717) is 11.4 Å². The van der Waals surface area contributed by atoms with Crippen LogP contribution in [-0.2, 0) is 38.1 Å². The standard InChI is InChI=1S/C23H30N2O8/c1-5-30-20(26)18(21(27)31-6-2)12-13-24-16-10-9-11-17(14-16)25-15-19(22(28)32-7-3)23(29)33-8-4/h9-15,18,24-25H,5-8H2,1-4H3/b13-12+. The molecule has 0 aromatic heterocycles. The first kappa shape index (κ1) is 27.2. The van der Waals surface area contributed by atoms with Crippen molar-refractivity contribution in [1.29, 1.82) is 0 Å². The summed E-state index contributed by atoms with van der Waals surface area (Å²) >= 11 is 0. The summed E-state index contributed by atoms with van der Waals surface area (Å²) in [5.41, 5.74) is 0.875. The van der Waals surface area contributed by atoms with Crippen LogP contribution in [0.1, 0.15) is 27.7 Å². The van der Waals surface area contributed by atoms with Gasteiger partial charge in [-0.15, -0.1) is 0 Å². The molecule has 0 aliphatic carbocycles. The third-order valence-corrected chi connectivity index (χ3v) is 3.86. The first-order valence-corrected chi connectivity index (χ1v) is 10.5. The van der Waals surface area contributed by atoms with Crippen LogP contribution in [0.4, 0.5) is 11.4 Å². The molecule has 180 valence electrons. The van der Waals surface area contributed by atoms with E-state index in [-0.39, 0.29) is 32.0 Å². The van der Waals surface area contributed by atoms with E-state index in [2.05, 4.69) is 10.6 Å². The average molecular weight is 462 g/mol. The van der Waals surface area contributed by atoms with Crippen LogP contribution in [0.25, 0.3) is 0 Å². The highest BCUT2D eigenvalue weighted by Crippen LogP contribution is 2.16. The number of anilines is 2. The Balaban J connectivity index is 2.94. The molecule has 0 fully saturated rings. The molecule has 1 aromatic carbocycles. The molecule has 0 amide bonds. The molecule has 2 N–H and O–H groups in total. The molecule has 33 heavy (non-hydrogen) atoms. The molecule has 0 aliphatic rings. The fourth-order valence-corrected chi connectivity index (χ4v) is 2.43. The third kappa shape index (κ3) is 9.46. The van der Waals surface area contributed by atoms with Crippen LogP contribution >= 0.6 is 0 Å². The number of rotatable bonds is 13. The van der Waals surface area contributed by atoms with Gasteiger partial charge in [-0.25, -0.2) is 9.59 Å². The van der Waals surface area contributed by atoms with Crippen LogP contribution in [0.3, 0.4) is 0 Å². The Hall–Kier alpha value is -3.82. The second-order valence-electron chi connectivity index (χ2n) is 6.21. The predicted molar refractivity (Wildman–Crippen MR) is 121 cm³/mol. The lowest BCUT2D eigenvalue weighted by molar-refractivity contribution is -0.159. The van der Waals surface area contributed by atoms with E-state index in [1.807, 2.05) is 0 Å². The van der Waals surface area contributed by atoms with E-state index in [0.717, 1.165) is 0 Å². The zero-order chi connectivity index (χ0) is 24.6. The summed E-state index contributed by atoms with van der Waals surface area (Å²) in [6, 6.07) is 6.84. The van der Waals surface area contributed by atoms with Gasteiger partial charge in [-0.05, 0) is 58.2 Å². The molecule has 0 heterocycles. The van der Waals surface area contributed by atoms with Crippen molar-refractivity contribution < 1.29 is 38.1 Å². The monoisotopic (exact) mass is 462 g/mol. The van der Waals surface area contributed by atoms with Gasteiger partial charge in [0.2, 0.25) is 0 Å². The van der Waals surface area contributed by atoms with Gasteiger partial charge in [0.05, 0.1) is 26.4 Å². The van der Waals surface area contributed by atoms with E-state index in [1.54, 1.807) is 52.0 Å². The molecule has 0 radical (unpaired) electrons. The Morgan fingerprint density at radius 3 is 1.76 bits per heavy atom. The first-order valence-electron chi connectivity index (χ1n) is 10.5. The van der Waals surface area contributed by atoms with E-state index < -0.39 is 29.8 Å². The fraction of sp³-hybridized carbons (Fsp3) is 0.391. The van der Waals surface area contributed by atoms with Crippen LogP contribution in [0.2, 0.25) is 0 Å². The topological polar surface area (TPSA) is 129 Å². The molecular weight excluding hydrogens is 432 g/mol. The zero-order valence-corrected chi connectivity index (χ0v) is 19.2. The van der Waals surface area contributed by atoms with Gasteiger partial charge < -0.3 is 29.6 Å². The van der Waals surface area contributed by atoms with E-state index >= 15 is 0 Å². The summed E-state index contributed by atoms with van der Waals surface area (Å²) in [5.74, 6) is -4.22. The number of hydrogen-bond acceptors (Lipinski definition) is 10. The van der Waals surface area contributed by atoms with Crippen LogP contribution in [-0.4, -0.2) is 50.3 Å². The van der Waals surface area contributed by atoms with Crippen molar-refractivity contribution in [3.8, 4) is 0 Å². The van der Waals surface area contributed by atoms with Gasteiger partial charge in [-0.3, -0.25) is 9.59 Å². The largest absolute Gasteiger partial charge is 0.465 e. The zero-order valence-electron chi connectivity index (χ0n) is 19.2. The Morgan fingerprint density at radius 2 is 1.27 bits per heavy atom. The average Bonchev–Trinajstić information content (AvgIpc) is 2.78. The molecule has 10 heteroatoms. The molecule has 0 saturated carbocycles. The van der Waals surface area contributed by atoms with Crippen LogP contribution in [0, 0.1) is 5.92 Å². The summed E-state index contributed by atoms with van der Waals surface area (Å²) in [7, 11) is 0. The minimum atomic E-state index is -1.20. The number of benzene rings is 1. The highest BCUT2D eigenvalue weighted by atomic mass is 16.6. The van der Waals surface area contributed by atoms with E-state index in [1.165, 1.54) is 18.5 Å². The molecule has 0 unspecified atom stereocenters. The maximum absolute atomic E-state index is 12.0. The van der Waals surface area contributed by atoms with Gasteiger partial charge in [-0.1, -0.05) is 6.07 Å². The van der Waals surface area contributed by atoms with Gasteiger partial charge in [-0.2, -0.15) is 0 Å². The lowest BCUT2D eigenvalue weighted by Crippen LogP contribution is -2.26. The smallest absolute Gasteiger partial charge is 0.347 e. The predicted octanol–water partition coefficient (Wildman–Crippen LogP) is 2.78. The summed E-state index contributed by atoms with van der Waals surface area (Å²) in [6.07, 6.45) is 3.98. The van der Waals surface area contributed by atoms with Gasteiger partial charge >= 0.3 is 23.9 Å². The van der Waals surface area contributed by atoms with Crippen molar-refractivity contribution in [2.75, 3.05) is 37.1 Å². The second-order valence-corrected chi connectivity index (χ2v) is 6.21. The summed E-state index contributed by atoms with van der Waals surface area (Å²) in [4.78, 5) is 48.1. The Bertz CT molecular complexity index is 841. The second kappa shape index (κ2) is 15.1. The number of carbonyl (C=O) groups excluding carboxylic acids is 4. The number of ether oxygens (including phenoxy) is 4. The summed E-state index contributed by atoms with van der Waals surface area (Å²) in [5, 5.41) is 5.80. The van der Waals surface area contributed by atoms with Crippen LogP contribution < -0.4 is 10.6 Å². The summed E-state index contributed by atoms with van der Waals surface area (Å²) in [6.45, 7) is 7.04. The van der Waals surface area contributed by atoms with Crippen molar-refractivity contribution >= 4 is 35.3 Å². The van der Waals surface area contributed by atoms with Gasteiger partial charge in [0, 0.05) is 17.6 Å². The molecule has 0 atom stereocenters. The first-order chi connectivity index (χ1) is 15.9. The maximum Gasteiger partial charge on any atom is 0.347 e. The van der Waals surface area contributed by atoms with Crippen LogP contribution in [0.15, 0.2) is 48.3 Å². The van der Waals surface area contributed by atoms with Crippen molar-refractivity contribution in [3.63, 3.8) is 0 Å². The Morgan fingerprint density at radius 1 is 0.788 bits per heavy atom. The number of carbonyl (C=O) groups is 4. The van der Waals surface area contributed by atoms with Gasteiger partial charge in [0.25, 0.3) is 0 Å². The molecular formula is C23H30N2O8. The number of nitrogens with one attached hydrogen (secondary N) is 2. The molecule has 10 nitrogen and oxygen atoms in total. The van der Waals surface area contributed by atoms with Crippen molar-refractivity contribution in [1.82, 2.24) is 0 Å². The molecule has 0 spiro atoms. The van der Waals surface area contributed by atoms with Crippen molar-refractivity contribution in [2.24, 2.45) is 5.92 Å². The highest BCUT2D eigenvalue weighted by molar-refractivity contribution is 6.14. The molecule has 1 aromatic rings. The van der Waals surface area contributed by atoms with Crippen LogP contribution in [0.5, 0.6) is 0 Å². The maximum atomic E-state index is 12.0. The fourth-order valence-electron chi connectivity index (χ4n) is 2.43. The summed E-state index contributed by atoms with van der Waals surface area (Å²) < 4.78 is 19.6.